The van der Waals surface area contributed by atoms with E-state index in [1.807, 2.05) is 0 Å². The molecule has 516 valence electrons. The van der Waals surface area contributed by atoms with Crippen molar-refractivity contribution in [2.45, 2.75) is 205 Å². The Balaban J connectivity index is 1.45. The van der Waals surface area contributed by atoms with E-state index in [-0.39, 0.29) is 0 Å². The summed E-state index contributed by atoms with van der Waals surface area (Å²) < 4.78 is 187. The van der Waals surface area contributed by atoms with Gasteiger partial charge in [0.2, 0.25) is 17.7 Å². The van der Waals surface area contributed by atoms with E-state index in [0.29, 0.717) is 0 Å². The van der Waals surface area contributed by atoms with Crippen molar-refractivity contribution in [2.75, 3.05) is 19.8 Å². The number of ether oxygens (including phenoxy) is 12. The molecule has 0 radical (unpaired) electrons. The van der Waals surface area contributed by atoms with Gasteiger partial charge in [-0.15, -0.1) is 0 Å². The minimum Gasteiger partial charge on any atom is -0.479 e. The summed E-state index contributed by atoms with van der Waals surface area (Å²) in [6.45, 7) is -2.24. The molecule has 45 nitrogen and oxygen atoms in total. The van der Waals surface area contributed by atoms with Gasteiger partial charge in [0.15, 0.2) is 56.1 Å². The molecule has 10 fully saturated rings. The number of aliphatic carboxylic acids is 3. The smallest absolute Gasteiger partial charge is 0.397 e. The quantitative estimate of drug-likeness (QED) is 0.0677. The predicted octanol–water partition coefficient (Wildman–Crippen LogP) is -12.9. The maximum atomic E-state index is 13.2. The zero-order valence-corrected chi connectivity index (χ0v) is 48.3. The molecule has 0 aliphatic carbocycles. The number of carboxylic acids is 3. The zero-order chi connectivity index (χ0) is 67.1. The number of rotatable bonds is 15. The molecule has 0 aromatic heterocycles. The highest BCUT2D eigenvalue weighted by Crippen LogP contribution is 2.40. The van der Waals surface area contributed by atoms with Gasteiger partial charge in [-0.3, -0.25) is 28.0 Å². The highest BCUT2D eigenvalue weighted by atomic mass is 32.3. The van der Waals surface area contributed by atoms with E-state index in [9.17, 15) is 129 Å². The SMILES string of the molecule is CC(=O)N[C@H]1[C@@H]2O[C@H]3[C@H](O)[C@@H](O)[C@H](O[C@@H]4[C@@H](NC(C)=O)[C@H](O[C@H]5[C@H](O)[C@@H](O)[C@H](O[C@H]6[C@@H](NC(C)=O)[C@H](O[C@H]7[C@H](O)[C@@H](O)[C@H](O[C@H]1[C@@H](OS(=O)(=O)O)[C@@H](CO)O2)O[C@@H]7C(=O)O)O[C@H](CO)[C@@H]6OS(=O)(=O)O)O[C@@H]5C(=O)O)O[C@H](CO)[C@@H]4OS(=O)(=O)O)O[C@@H]3C(=O)O. The third-order valence-corrected chi connectivity index (χ3v) is 15.8. The van der Waals surface area contributed by atoms with Crippen molar-refractivity contribution in [1.82, 2.24) is 16.0 Å². The van der Waals surface area contributed by atoms with Crippen molar-refractivity contribution < 1.29 is 198 Å². The molecule has 90 heavy (non-hydrogen) atoms. The van der Waals surface area contributed by atoms with Crippen LogP contribution in [0.1, 0.15) is 20.8 Å². The molecule has 0 spiro atoms. The van der Waals surface area contributed by atoms with Crippen LogP contribution < -0.4 is 16.0 Å². The molecule has 0 unspecified atom stereocenters. The van der Waals surface area contributed by atoms with Crippen molar-refractivity contribution in [2.24, 2.45) is 0 Å². The third kappa shape index (κ3) is 16.7. The van der Waals surface area contributed by atoms with Crippen LogP contribution in [0.15, 0.2) is 0 Å². The van der Waals surface area contributed by atoms with Crippen molar-refractivity contribution in [1.29, 1.82) is 0 Å². The Labute approximate surface area is 504 Å². The van der Waals surface area contributed by atoms with Gasteiger partial charge in [-0.2, -0.15) is 25.3 Å². The minimum absolute atomic E-state index is 0.737. The van der Waals surface area contributed by atoms with Crippen molar-refractivity contribution in [3.63, 3.8) is 0 Å². The van der Waals surface area contributed by atoms with E-state index in [1.165, 1.54) is 0 Å². The number of aliphatic hydroxyl groups is 9. The van der Waals surface area contributed by atoms with Crippen LogP contribution >= 0.6 is 0 Å². The van der Waals surface area contributed by atoms with Gasteiger partial charge in [-0.1, -0.05) is 0 Å². The Kier molecular flexibility index (Phi) is 23.6. The largest absolute Gasteiger partial charge is 0.479 e. The van der Waals surface area contributed by atoms with E-state index in [0.717, 1.165) is 20.8 Å². The fourth-order valence-corrected chi connectivity index (χ4v) is 12.3. The zero-order valence-electron chi connectivity index (χ0n) is 45.9. The molecule has 10 aliphatic heterocycles. The maximum absolute atomic E-state index is 13.2. The standard InChI is InChI=1S/C42H63N3O42S3/c1-7(49)43-13-25-22(85-88(64,65)66)10(4-46)73-37(13)79-28-16(52)20(56)41(83-31(28)34(58)59)77-26-14(44-8(2)50)39(75-11(5-47)23(26)86-89(67,68)69)81-30-18(54)21(57)42(84-33(30)36(62)63)78-27-15(45-9(3)51)38(74-12(6-48)24(27)87-90(70,71)72)80-29-17(53)19(55)40(76-25)82-32(29)35(60)61/h10-33,37-42,46-48,52-57H,4-6H2,1-3H3,(H,43,49)(H,44,50)(H,45,51)(H,58,59)(H,60,61)(H,62,63)(H,64,65,66)(H,67,68,69)(H,70,71,72)/t10-,11-,12-,13-,14-,15-,16-,17-,18-,19-,20-,21-,22+,23+,24+,25-,26-,27+,28+,29+,30+,31+,32+,33+,37+,38+,39+,40-,41-,42-/m1/s1. The number of carbonyl (C=O) groups is 6. The number of aliphatic hydroxyl groups excluding tert-OH is 9. The normalized spacial score (nSPS) is 43.9. The van der Waals surface area contributed by atoms with Crippen LogP contribution in [-0.4, -0.2) is 340 Å². The summed E-state index contributed by atoms with van der Waals surface area (Å²) in [7, 11) is -17.5. The molecule has 10 heterocycles. The first-order chi connectivity index (χ1) is 41.8. The van der Waals surface area contributed by atoms with Gasteiger partial charge in [0.05, 0.1) is 19.8 Å². The number of fused-ring (bicyclic) bond motifs is 3. The van der Waals surface area contributed by atoms with Gasteiger partial charge in [0.1, 0.15) is 128 Å². The Morgan fingerprint density at radius 1 is 0.344 bits per heavy atom. The summed E-state index contributed by atoms with van der Waals surface area (Å²) in [6, 6.07) is -7.12. The lowest BCUT2D eigenvalue weighted by molar-refractivity contribution is -0.373. The first-order valence-electron chi connectivity index (χ1n) is 26.0. The average molecular weight is 1380 g/mol. The lowest BCUT2D eigenvalue weighted by atomic mass is 9.93. The van der Waals surface area contributed by atoms with Gasteiger partial charge in [-0.25, -0.2) is 26.9 Å². The Morgan fingerprint density at radius 3 is 0.733 bits per heavy atom. The number of carboxylic acid groups (broad SMARTS) is 3. The second-order valence-electron chi connectivity index (χ2n) is 20.7. The maximum Gasteiger partial charge on any atom is 0.397 e. The number of amides is 3. The summed E-state index contributed by atoms with van der Waals surface area (Å²) in [5, 5.41) is 140. The van der Waals surface area contributed by atoms with Gasteiger partial charge in [0, 0.05) is 20.8 Å². The number of carbonyl (C=O) groups excluding carboxylic acids is 3. The fraction of sp³-hybridized carbons (Fsp3) is 0.857. The van der Waals surface area contributed by atoms with Crippen LogP contribution in [0.25, 0.3) is 0 Å². The molecular weight excluding hydrogens is 1310 g/mol. The minimum atomic E-state index is -5.83. The molecule has 0 aromatic carbocycles. The van der Waals surface area contributed by atoms with E-state index in [1.54, 1.807) is 0 Å². The van der Waals surface area contributed by atoms with Gasteiger partial charge in [-0.05, 0) is 0 Å². The van der Waals surface area contributed by atoms with Crippen molar-refractivity contribution >= 4 is 66.8 Å². The average Bonchev–Trinajstić information content (AvgIpc) is 0.804. The van der Waals surface area contributed by atoms with Crippen LogP contribution in [0.2, 0.25) is 0 Å². The lowest BCUT2D eigenvalue weighted by Gasteiger charge is -2.50. The van der Waals surface area contributed by atoms with E-state index in [4.69, 9.17) is 69.4 Å². The van der Waals surface area contributed by atoms with Gasteiger partial charge < -0.3 is 134 Å². The second-order valence-corrected chi connectivity index (χ2v) is 23.8. The molecule has 0 aromatic rings. The topological polar surface area (TPSA) is 683 Å². The van der Waals surface area contributed by atoms with Gasteiger partial charge in [0.25, 0.3) is 0 Å². The van der Waals surface area contributed by atoms with Gasteiger partial charge >= 0.3 is 49.1 Å². The Morgan fingerprint density at radius 2 is 0.556 bits per heavy atom. The molecule has 18 N–H and O–H groups in total. The first kappa shape index (κ1) is 73.0. The summed E-state index contributed by atoms with van der Waals surface area (Å²) in [5.41, 5.74) is 0. The monoisotopic (exact) mass is 1380 g/mol. The molecule has 30 atom stereocenters. The van der Waals surface area contributed by atoms with Crippen molar-refractivity contribution in [3.05, 3.63) is 0 Å². The molecular formula is C42H63N3O42S3. The highest BCUT2D eigenvalue weighted by Gasteiger charge is 2.63. The molecule has 48 heteroatoms. The van der Waals surface area contributed by atoms with Crippen molar-refractivity contribution in [3.8, 4) is 0 Å². The van der Waals surface area contributed by atoms with E-state index < -0.39 is 271 Å². The fourth-order valence-electron chi connectivity index (χ4n) is 10.7. The molecule has 10 rings (SSSR count). The summed E-state index contributed by atoms with van der Waals surface area (Å²) >= 11 is 0. The van der Waals surface area contributed by atoms with Crippen LogP contribution in [0.3, 0.4) is 0 Å². The van der Waals surface area contributed by atoms with E-state index >= 15 is 0 Å². The summed E-state index contributed by atoms with van der Waals surface area (Å²) in [4.78, 5) is 78.5. The summed E-state index contributed by atoms with van der Waals surface area (Å²) in [6.07, 6.45) is -71.4. The number of nitrogens with one attached hydrogen (secondary N) is 3. The van der Waals surface area contributed by atoms with Crippen LogP contribution in [0, 0.1) is 0 Å². The van der Waals surface area contributed by atoms with Crippen LogP contribution in [-0.2, 0) is 129 Å². The first-order valence-corrected chi connectivity index (χ1v) is 30.1. The van der Waals surface area contributed by atoms with Crippen LogP contribution in [0.4, 0.5) is 0 Å². The molecule has 10 aliphatic rings. The summed E-state index contributed by atoms with van der Waals surface area (Å²) in [5.74, 6) is -10.3. The third-order valence-electron chi connectivity index (χ3n) is 14.4. The predicted molar refractivity (Wildman–Crippen MR) is 263 cm³/mol. The highest BCUT2D eigenvalue weighted by molar-refractivity contribution is 7.81. The Bertz CT molecular complexity index is 2630. The van der Waals surface area contributed by atoms with E-state index in [2.05, 4.69) is 16.0 Å². The number of hydrogen-bond acceptors (Lipinski definition) is 36. The number of hydrogen-bond donors (Lipinski definition) is 18. The molecule has 12 bridgehead atoms. The molecule has 10 saturated heterocycles. The lowest BCUT2D eigenvalue weighted by Crippen LogP contribution is -2.71. The van der Waals surface area contributed by atoms with Crippen LogP contribution in [0.5, 0.6) is 0 Å². The second kappa shape index (κ2) is 29.1. The molecule has 0 saturated carbocycles. The molecule has 3 amide bonds. The Hall–Kier alpha value is -4.41.